The number of benzene rings is 2. The van der Waals surface area contributed by atoms with Gasteiger partial charge < -0.3 is 20.0 Å². The molecule has 0 aromatic heterocycles. The van der Waals surface area contributed by atoms with E-state index in [0.717, 1.165) is 5.56 Å². The lowest BCUT2D eigenvalue weighted by molar-refractivity contribution is -0.118. The van der Waals surface area contributed by atoms with Crippen LogP contribution in [0.1, 0.15) is 11.1 Å². The van der Waals surface area contributed by atoms with Crippen molar-refractivity contribution in [3.63, 3.8) is 0 Å². The average molecular weight is 314 g/mol. The standard InChI is InChI=1S/C17H18N2O4/c1-12-3-6-14(7-4-12)19-17(20)11-23-15-8-5-13(10-18-21)9-16(15)22-2/h3-10,21H,11H2,1-2H3,(H,19,20)/b18-10+. The zero-order chi connectivity index (χ0) is 16.7. The molecule has 0 unspecified atom stereocenters. The third-order valence-electron chi connectivity index (χ3n) is 3.09. The number of rotatable bonds is 6. The molecule has 0 heterocycles. The number of aryl methyl sites for hydroxylation is 1. The second-order valence-electron chi connectivity index (χ2n) is 4.86. The third-order valence-corrected chi connectivity index (χ3v) is 3.09. The molecule has 2 rings (SSSR count). The van der Waals surface area contributed by atoms with Crippen LogP contribution in [0.25, 0.3) is 0 Å². The summed E-state index contributed by atoms with van der Waals surface area (Å²) in [6.45, 7) is 1.84. The number of nitrogens with zero attached hydrogens (tertiary/aromatic N) is 1. The predicted octanol–water partition coefficient (Wildman–Crippen LogP) is 2.83. The largest absolute Gasteiger partial charge is 0.493 e. The van der Waals surface area contributed by atoms with Gasteiger partial charge in [-0.1, -0.05) is 22.9 Å². The van der Waals surface area contributed by atoms with Crippen LogP contribution in [0.3, 0.4) is 0 Å². The van der Waals surface area contributed by atoms with Crippen molar-refractivity contribution in [2.45, 2.75) is 6.92 Å². The SMILES string of the molecule is COc1cc(/C=N/O)ccc1OCC(=O)Nc1ccc(C)cc1. The molecule has 1 amide bonds. The summed E-state index contributed by atoms with van der Waals surface area (Å²) in [4.78, 5) is 11.9. The van der Waals surface area contributed by atoms with Gasteiger partial charge in [-0.15, -0.1) is 0 Å². The Bertz CT molecular complexity index is 696. The second-order valence-corrected chi connectivity index (χ2v) is 4.86. The first-order valence-electron chi connectivity index (χ1n) is 6.97. The first-order chi connectivity index (χ1) is 11.1. The normalized spacial score (nSPS) is 10.5. The molecule has 0 saturated carbocycles. The number of methoxy groups -OCH3 is 1. The molecule has 6 heteroatoms. The summed E-state index contributed by atoms with van der Waals surface area (Å²) in [5.41, 5.74) is 2.49. The zero-order valence-electron chi connectivity index (χ0n) is 12.9. The molecule has 0 aliphatic heterocycles. The lowest BCUT2D eigenvalue weighted by Crippen LogP contribution is -2.20. The van der Waals surface area contributed by atoms with E-state index < -0.39 is 0 Å². The number of ether oxygens (including phenoxy) is 2. The first-order valence-corrected chi connectivity index (χ1v) is 6.97. The van der Waals surface area contributed by atoms with Gasteiger partial charge in [-0.2, -0.15) is 0 Å². The lowest BCUT2D eigenvalue weighted by Gasteiger charge is -2.11. The highest BCUT2D eigenvalue weighted by Gasteiger charge is 2.08. The van der Waals surface area contributed by atoms with Crippen molar-refractivity contribution in [3.05, 3.63) is 53.6 Å². The van der Waals surface area contributed by atoms with E-state index in [0.29, 0.717) is 22.7 Å². The summed E-state index contributed by atoms with van der Waals surface area (Å²) in [6.07, 6.45) is 1.27. The number of hydrogen-bond donors (Lipinski definition) is 2. The molecule has 0 radical (unpaired) electrons. The third kappa shape index (κ3) is 4.74. The molecule has 23 heavy (non-hydrogen) atoms. The van der Waals surface area contributed by atoms with Gasteiger partial charge in [-0.25, -0.2) is 0 Å². The molecule has 0 aliphatic carbocycles. The van der Waals surface area contributed by atoms with Crippen LogP contribution in [0, 0.1) is 6.92 Å². The Morgan fingerprint density at radius 1 is 1.22 bits per heavy atom. The molecular weight excluding hydrogens is 296 g/mol. The molecule has 0 saturated heterocycles. The van der Waals surface area contributed by atoms with E-state index in [9.17, 15) is 4.79 Å². The van der Waals surface area contributed by atoms with Gasteiger partial charge in [0.2, 0.25) is 0 Å². The number of amides is 1. The Morgan fingerprint density at radius 2 is 1.96 bits per heavy atom. The molecule has 2 aromatic rings. The van der Waals surface area contributed by atoms with Crippen molar-refractivity contribution in [2.24, 2.45) is 5.16 Å². The van der Waals surface area contributed by atoms with Gasteiger partial charge in [-0.05, 0) is 37.3 Å². The Hall–Kier alpha value is -3.02. The summed E-state index contributed by atoms with van der Waals surface area (Å²) in [5.74, 6) is 0.615. The summed E-state index contributed by atoms with van der Waals surface area (Å²) in [7, 11) is 1.49. The van der Waals surface area contributed by atoms with E-state index in [1.165, 1.54) is 13.3 Å². The van der Waals surface area contributed by atoms with Gasteiger partial charge in [0.15, 0.2) is 18.1 Å². The first kappa shape index (κ1) is 16.4. The number of carbonyl (C=O) groups is 1. The Morgan fingerprint density at radius 3 is 2.61 bits per heavy atom. The smallest absolute Gasteiger partial charge is 0.262 e. The average Bonchev–Trinajstić information content (AvgIpc) is 2.56. The van der Waals surface area contributed by atoms with Gasteiger partial charge in [0.05, 0.1) is 13.3 Å². The van der Waals surface area contributed by atoms with Crippen LogP contribution >= 0.6 is 0 Å². The van der Waals surface area contributed by atoms with Crippen LogP contribution in [-0.2, 0) is 4.79 Å². The molecule has 2 aromatic carbocycles. The van der Waals surface area contributed by atoms with Crippen molar-refractivity contribution in [2.75, 3.05) is 19.0 Å². The fraction of sp³-hybridized carbons (Fsp3) is 0.176. The van der Waals surface area contributed by atoms with E-state index in [1.54, 1.807) is 18.2 Å². The molecule has 0 bridgehead atoms. The van der Waals surface area contributed by atoms with Crippen LogP contribution in [0.4, 0.5) is 5.69 Å². The van der Waals surface area contributed by atoms with Crippen molar-refractivity contribution in [1.82, 2.24) is 0 Å². The van der Waals surface area contributed by atoms with E-state index >= 15 is 0 Å². The number of carbonyl (C=O) groups excluding carboxylic acids is 1. The molecule has 0 atom stereocenters. The zero-order valence-corrected chi connectivity index (χ0v) is 12.9. The monoisotopic (exact) mass is 314 g/mol. The fourth-order valence-electron chi connectivity index (χ4n) is 1.93. The highest BCUT2D eigenvalue weighted by atomic mass is 16.5. The van der Waals surface area contributed by atoms with Crippen molar-refractivity contribution >= 4 is 17.8 Å². The predicted molar refractivity (Wildman–Crippen MR) is 87.7 cm³/mol. The lowest BCUT2D eigenvalue weighted by atomic mass is 10.2. The minimum absolute atomic E-state index is 0.141. The maximum absolute atomic E-state index is 11.9. The van der Waals surface area contributed by atoms with Crippen LogP contribution in [0.5, 0.6) is 11.5 Å². The highest BCUT2D eigenvalue weighted by Crippen LogP contribution is 2.27. The molecule has 120 valence electrons. The summed E-state index contributed by atoms with van der Waals surface area (Å²) in [5, 5.41) is 14.2. The van der Waals surface area contributed by atoms with Crippen LogP contribution < -0.4 is 14.8 Å². The van der Waals surface area contributed by atoms with Gasteiger partial charge in [0, 0.05) is 11.3 Å². The fourth-order valence-corrected chi connectivity index (χ4v) is 1.93. The summed E-state index contributed by atoms with van der Waals surface area (Å²) < 4.78 is 10.7. The van der Waals surface area contributed by atoms with Crippen LogP contribution in [-0.4, -0.2) is 31.0 Å². The maximum atomic E-state index is 11.9. The van der Waals surface area contributed by atoms with Crippen LogP contribution in [0.2, 0.25) is 0 Å². The second kappa shape index (κ2) is 7.84. The Balaban J connectivity index is 1.97. The van der Waals surface area contributed by atoms with Gasteiger partial charge in [0.25, 0.3) is 5.91 Å². The molecular formula is C17H18N2O4. The number of hydrogen-bond acceptors (Lipinski definition) is 5. The number of oxime groups is 1. The van der Waals surface area contributed by atoms with E-state index in [4.69, 9.17) is 14.7 Å². The molecule has 6 nitrogen and oxygen atoms in total. The van der Waals surface area contributed by atoms with Crippen molar-refractivity contribution in [3.8, 4) is 11.5 Å². The minimum Gasteiger partial charge on any atom is -0.493 e. The Kier molecular flexibility index (Phi) is 5.57. The molecule has 0 fully saturated rings. The molecule has 2 N–H and O–H groups in total. The molecule has 0 aliphatic rings. The van der Waals surface area contributed by atoms with Crippen molar-refractivity contribution in [1.29, 1.82) is 0 Å². The Labute approximate surface area is 134 Å². The van der Waals surface area contributed by atoms with Crippen LogP contribution in [0.15, 0.2) is 47.6 Å². The quantitative estimate of drug-likeness (QED) is 0.488. The van der Waals surface area contributed by atoms with E-state index in [1.807, 2.05) is 31.2 Å². The minimum atomic E-state index is -0.267. The topological polar surface area (TPSA) is 80.2 Å². The maximum Gasteiger partial charge on any atom is 0.262 e. The summed E-state index contributed by atoms with van der Waals surface area (Å²) in [6, 6.07) is 12.5. The van der Waals surface area contributed by atoms with Gasteiger partial charge in [0.1, 0.15) is 0 Å². The summed E-state index contributed by atoms with van der Waals surface area (Å²) >= 11 is 0. The van der Waals surface area contributed by atoms with Gasteiger partial charge in [-0.3, -0.25) is 4.79 Å². The molecule has 0 spiro atoms. The van der Waals surface area contributed by atoms with Crippen molar-refractivity contribution < 1.29 is 19.5 Å². The van der Waals surface area contributed by atoms with E-state index in [-0.39, 0.29) is 12.5 Å². The number of nitrogens with one attached hydrogen (secondary N) is 1. The number of anilines is 1. The van der Waals surface area contributed by atoms with E-state index in [2.05, 4.69) is 10.5 Å². The van der Waals surface area contributed by atoms with Gasteiger partial charge >= 0.3 is 0 Å². The highest BCUT2D eigenvalue weighted by molar-refractivity contribution is 5.91.